The third-order valence-electron chi connectivity index (χ3n) is 4.96. The molecule has 26 heavy (non-hydrogen) atoms. The van der Waals surface area contributed by atoms with Gasteiger partial charge in [-0.1, -0.05) is 32.0 Å². The van der Waals surface area contributed by atoms with Crippen LogP contribution in [-0.2, 0) is 0 Å². The molecule has 3 rings (SSSR count). The number of hydrogen-bond donors (Lipinski definition) is 2. The molecule has 2 heterocycles. The minimum Gasteiger partial charge on any atom is -0.347 e. The van der Waals surface area contributed by atoms with Crippen LogP contribution in [0.25, 0.3) is 0 Å². The van der Waals surface area contributed by atoms with Crippen LogP contribution in [0.2, 0.25) is 0 Å². The maximum absolute atomic E-state index is 12.6. The molecule has 0 aliphatic carbocycles. The van der Waals surface area contributed by atoms with E-state index in [1.165, 1.54) is 0 Å². The lowest BCUT2D eigenvalue weighted by atomic mass is 10.0. The van der Waals surface area contributed by atoms with Gasteiger partial charge in [0.15, 0.2) is 0 Å². The number of aromatic amines is 1. The number of aryl methyl sites for hydroxylation is 2. The highest BCUT2D eigenvalue weighted by Crippen LogP contribution is 2.18. The molecule has 1 aliphatic heterocycles. The first kappa shape index (κ1) is 18.2. The Morgan fingerprint density at radius 3 is 2.58 bits per heavy atom. The third-order valence-corrected chi connectivity index (χ3v) is 4.96. The molecule has 1 atom stereocenters. The van der Waals surface area contributed by atoms with Gasteiger partial charge in [0, 0.05) is 30.4 Å². The van der Waals surface area contributed by atoms with Crippen molar-refractivity contribution < 1.29 is 9.59 Å². The summed E-state index contributed by atoms with van der Waals surface area (Å²) in [5, 5.41) is 10.1. The Morgan fingerprint density at radius 2 is 1.96 bits per heavy atom. The van der Waals surface area contributed by atoms with Gasteiger partial charge in [0.1, 0.15) is 5.69 Å². The molecule has 1 aromatic carbocycles. The Morgan fingerprint density at radius 1 is 1.27 bits per heavy atom. The Bertz CT molecular complexity index is 805. The fraction of sp³-hybridized carbons (Fsp3) is 0.450. The zero-order valence-corrected chi connectivity index (χ0v) is 15.8. The van der Waals surface area contributed by atoms with Crippen molar-refractivity contribution in [2.24, 2.45) is 0 Å². The van der Waals surface area contributed by atoms with Crippen molar-refractivity contribution in [2.45, 2.75) is 46.1 Å². The molecule has 6 nitrogen and oxygen atoms in total. The van der Waals surface area contributed by atoms with Gasteiger partial charge in [-0.3, -0.25) is 14.7 Å². The van der Waals surface area contributed by atoms with Crippen LogP contribution in [0.4, 0.5) is 0 Å². The Hall–Kier alpha value is -2.63. The summed E-state index contributed by atoms with van der Waals surface area (Å²) in [6.07, 6.45) is 0.754. The van der Waals surface area contributed by atoms with Crippen molar-refractivity contribution >= 4 is 11.8 Å². The molecule has 0 saturated carbocycles. The molecule has 1 saturated heterocycles. The average Bonchev–Trinajstić information content (AvgIpc) is 3.23. The van der Waals surface area contributed by atoms with Crippen molar-refractivity contribution in [3.63, 3.8) is 0 Å². The number of nitrogens with zero attached hydrogens (tertiary/aromatic N) is 2. The van der Waals surface area contributed by atoms with Crippen molar-refractivity contribution in [3.8, 4) is 0 Å². The highest BCUT2D eigenvalue weighted by atomic mass is 16.2. The molecule has 2 aromatic rings. The molecule has 1 aromatic heterocycles. The van der Waals surface area contributed by atoms with Crippen LogP contribution >= 0.6 is 0 Å². The minimum atomic E-state index is -0.0861. The third kappa shape index (κ3) is 3.64. The number of amides is 2. The Kier molecular flexibility index (Phi) is 5.11. The predicted octanol–water partition coefficient (Wildman–Crippen LogP) is 2.79. The maximum atomic E-state index is 12.6. The van der Waals surface area contributed by atoms with Crippen LogP contribution < -0.4 is 5.32 Å². The van der Waals surface area contributed by atoms with E-state index in [1.54, 1.807) is 4.90 Å². The van der Waals surface area contributed by atoms with E-state index < -0.39 is 0 Å². The summed E-state index contributed by atoms with van der Waals surface area (Å²) in [7, 11) is 0. The van der Waals surface area contributed by atoms with Gasteiger partial charge < -0.3 is 10.2 Å². The number of carbonyl (C=O) groups excluding carboxylic acids is 2. The summed E-state index contributed by atoms with van der Waals surface area (Å²) in [6, 6.07) is 7.61. The van der Waals surface area contributed by atoms with Gasteiger partial charge in [0.25, 0.3) is 11.8 Å². The largest absolute Gasteiger partial charge is 0.347 e. The highest BCUT2D eigenvalue weighted by Gasteiger charge is 2.30. The number of aromatic nitrogens is 2. The van der Waals surface area contributed by atoms with Crippen LogP contribution in [0.1, 0.15) is 63.9 Å². The van der Waals surface area contributed by atoms with E-state index in [4.69, 9.17) is 0 Å². The van der Waals surface area contributed by atoms with Gasteiger partial charge in [-0.05, 0) is 43.4 Å². The van der Waals surface area contributed by atoms with Crippen molar-refractivity contribution in [2.75, 3.05) is 13.1 Å². The van der Waals surface area contributed by atoms with Crippen LogP contribution in [0.3, 0.4) is 0 Å². The lowest BCUT2D eigenvalue weighted by Crippen LogP contribution is -2.39. The van der Waals surface area contributed by atoms with E-state index in [9.17, 15) is 9.59 Å². The molecule has 1 fully saturated rings. The second-order valence-corrected chi connectivity index (χ2v) is 7.34. The van der Waals surface area contributed by atoms with E-state index in [0.717, 1.165) is 28.8 Å². The molecule has 2 N–H and O–H groups in total. The number of likely N-dealkylation sites (tertiary alicyclic amines) is 1. The minimum absolute atomic E-state index is 0.0334. The molecule has 0 spiro atoms. The number of rotatable bonds is 4. The number of benzene rings is 1. The SMILES string of the molecule is Cc1cccc(C)c1C(=O)NC1CCN(C(=O)c2cc(C(C)C)[nH]n2)C1. The predicted molar refractivity (Wildman–Crippen MR) is 100 cm³/mol. The molecule has 6 heteroatoms. The van der Waals surface area contributed by atoms with Crippen LogP contribution in [0.5, 0.6) is 0 Å². The second-order valence-electron chi connectivity index (χ2n) is 7.34. The first-order chi connectivity index (χ1) is 12.4. The fourth-order valence-corrected chi connectivity index (χ4v) is 3.40. The summed E-state index contributed by atoms with van der Waals surface area (Å²) >= 11 is 0. The summed E-state index contributed by atoms with van der Waals surface area (Å²) in [5.41, 5.74) is 4.05. The van der Waals surface area contributed by atoms with Crippen LogP contribution in [0.15, 0.2) is 24.3 Å². The molecule has 138 valence electrons. The Balaban J connectivity index is 1.63. The van der Waals surface area contributed by atoms with E-state index in [0.29, 0.717) is 24.7 Å². The first-order valence-electron chi connectivity index (χ1n) is 9.08. The Labute approximate surface area is 154 Å². The van der Waals surface area contributed by atoms with E-state index in [1.807, 2.05) is 38.1 Å². The molecule has 0 bridgehead atoms. The zero-order chi connectivity index (χ0) is 18.8. The number of hydrogen-bond acceptors (Lipinski definition) is 3. The standard InChI is InChI=1S/C20H26N4O2/c1-12(2)16-10-17(23-22-16)20(26)24-9-8-15(11-24)21-19(25)18-13(3)6-5-7-14(18)4/h5-7,10,12,15H,8-9,11H2,1-4H3,(H,21,25)(H,22,23). The van der Waals surface area contributed by atoms with Gasteiger partial charge in [-0.2, -0.15) is 5.10 Å². The van der Waals surface area contributed by atoms with Crippen molar-refractivity contribution in [1.29, 1.82) is 0 Å². The van der Waals surface area contributed by atoms with Gasteiger partial charge in [-0.25, -0.2) is 0 Å². The lowest BCUT2D eigenvalue weighted by Gasteiger charge is -2.17. The monoisotopic (exact) mass is 354 g/mol. The molecule has 0 radical (unpaired) electrons. The molecule has 2 amide bonds. The maximum Gasteiger partial charge on any atom is 0.274 e. The molecule has 1 aliphatic rings. The normalized spacial score (nSPS) is 17.0. The number of H-pyrrole nitrogens is 1. The lowest BCUT2D eigenvalue weighted by molar-refractivity contribution is 0.0777. The topological polar surface area (TPSA) is 78.1 Å². The fourth-order valence-electron chi connectivity index (χ4n) is 3.40. The number of nitrogens with one attached hydrogen (secondary N) is 2. The van der Waals surface area contributed by atoms with E-state index in [-0.39, 0.29) is 17.9 Å². The summed E-state index contributed by atoms with van der Waals surface area (Å²) in [4.78, 5) is 27.0. The first-order valence-corrected chi connectivity index (χ1v) is 9.08. The van der Waals surface area contributed by atoms with Crippen molar-refractivity contribution in [3.05, 3.63) is 52.3 Å². The summed E-state index contributed by atoms with van der Waals surface area (Å²) in [6.45, 7) is 9.12. The van der Waals surface area contributed by atoms with Crippen LogP contribution in [-0.4, -0.2) is 46.0 Å². The van der Waals surface area contributed by atoms with E-state index in [2.05, 4.69) is 29.4 Å². The van der Waals surface area contributed by atoms with Crippen molar-refractivity contribution in [1.82, 2.24) is 20.4 Å². The van der Waals surface area contributed by atoms with E-state index >= 15 is 0 Å². The smallest absolute Gasteiger partial charge is 0.274 e. The van der Waals surface area contributed by atoms with Gasteiger partial charge in [0.2, 0.25) is 0 Å². The summed E-state index contributed by atoms with van der Waals surface area (Å²) in [5.74, 6) is 0.144. The van der Waals surface area contributed by atoms with Gasteiger partial charge in [-0.15, -0.1) is 0 Å². The quantitative estimate of drug-likeness (QED) is 0.886. The molecular formula is C20H26N4O2. The number of carbonyl (C=O) groups is 2. The average molecular weight is 354 g/mol. The molecule has 1 unspecified atom stereocenters. The second kappa shape index (κ2) is 7.32. The van der Waals surface area contributed by atoms with Gasteiger partial charge in [0.05, 0.1) is 0 Å². The summed E-state index contributed by atoms with van der Waals surface area (Å²) < 4.78 is 0. The highest BCUT2D eigenvalue weighted by molar-refractivity contribution is 5.97. The zero-order valence-electron chi connectivity index (χ0n) is 15.8. The van der Waals surface area contributed by atoms with Crippen LogP contribution in [0, 0.1) is 13.8 Å². The van der Waals surface area contributed by atoms with Gasteiger partial charge >= 0.3 is 0 Å². The molecular weight excluding hydrogens is 328 g/mol.